The summed E-state index contributed by atoms with van der Waals surface area (Å²) < 4.78 is 6.60. The largest absolute Gasteiger partial charge is 0.493 e. The van der Waals surface area contributed by atoms with E-state index in [1.807, 2.05) is 31.2 Å². The molecular weight excluding hydrogens is 490 g/mol. The summed E-state index contributed by atoms with van der Waals surface area (Å²) in [6.07, 6.45) is 2.78. The van der Waals surface area contributed by atoms with E-state index in [1.54, 1.807) is 12.1 Å². The number of aryl methyl sites for hydroxylation is 1. The van der Waals surface area contributed by atoms with Gasteiger partial charge in [-0.05, 0) is 80.2 Å². The van der Waals surface area contributed by atoms with Crippen molar-refractivity contribution in [1.29, 1.82) is 0 Å². The van der Waals surface area contributed by atoms with Gasteiger partial charge in [0.2, 0.25) is 5.91 Å². The molecule has 3 rings (SSSR count). The Labute approximate surface area is 202 Å². The Morgan fingerprint density at radius 3 is 2.59 bits per heavy atom. The highest BCUT2D eigenvalue weighted by Crippen LogP contribution is 2.31. The predicted molar refractivity (Wildman–Crippen MR) is 135 cm³/mol. The second-order valence-electron chi connectivity index (χ2n) is 8.37. The number of thiocarbonyl (C=S) groups is 1. The lowest BCUT2D eigenvalue weighted by Gasteiger charge is -2.15. The minimum Gasteiger partial charge on any atom is -0.493 e. The van der Waals surface area contributed by atoms with Gasteiger partial charge in [0.05, 0.1) is 12.2 Å². The second kappa shape index (κ2) is 10.9. The van der Waals surface area contributed by atoms with Crippen molar-refractivity contribution in [3.63, 3.8) is 0 Å². The first-order chi connectivity index (χ1) is 15.2. The maximum atomic E-state index is 12.9. The molecule has 0 heterocycles. The molecule has 1 saturated carbocycles. The van der Waals surface area contributed by atoms with Crippen LogP contribution in [0.5, 0.6) is 5.75 Å². The van der Waals surface area contributed by atoms with Gasteiger partial charge in [0.1, 0.15) is 5.75 Å². The quantitative estimate of drug-likeness (QED) is 0.393. The first-order valence-electron chi connectivity index (χ1n) is 10.7. The van der Waals surface area contributed by atoms with E-state index in [4.69, 9.17) is 17.0 Å². The highest BCUT2D eigenvalue weighted by Gasteiger charge is 2.29. The fourth-order valence-corrected chi connectivity index (χ4v) is 3.53. The summed E-state index contributed by atoms with van der Waals surface area (Å²) in [6.45, 7) is 6.70. The van der Waals surface area contributed by atoms with Crippen LogP contribution in [0.3, 0.4) is 0 Å². The monoisotopic (exact) mass is 517 g/mol. The van der Waals surface area contributed by atoms with Gasteiger partial charge in [-0.1, -0.05) is 35.8 Å². The summed E-state index contributed by atoms with van der Waals surface area (Å²) in [5.41, 5.74) is 2.76. The van der Waals surface area contributed by atoms with Gasteiger partial charge in [-0.3, -0.25) is 14.9 Å². The molecule has 0 saturated heterocycles. The Hall–Kier alpha value is -2.45. The van der Waals surface area contributed by atoms with Gasteiger partial charge in [-0.25, -0.2) is 0 Å². The van der Waals surface area contributed by atoms with E-state index in [2.05, 4.69) is 45.7 Å². The molecule has 8 heteroatoms. The average Bonchev–Trinajstić information content (AvgIpc) is 3.56. The third-order valence-electron chi connectivity index (χ3n) is 5.07. The highest BCUT2D eigenvalue weighted by atomic mass is 79.9. The normalized spacial score (nSPS) is 12.9. The van der Waals surface area contributed by atoms with Gasteiger partial charge in [0, 0.05) is 21.8 Å². The molecule has 0 bridgehead atoms. The number of amides is 2. The van der Waals surface area contributed by atoms with E-state index in [0.29, 0.717) is 29.5 Å². The first-order valence-corrected chi connectivity index (χ1v) is 11.9. The Balaban J connectivity index is 1.64. The van der Waals surface area contributed by atoms with Crippen LogP contribution in [-0.2, 0) is 4.79 Å². The van der Waals surface area contributed by atoms with Crippen molar-refractivity contribution in [3.05, 3.63) is 52.0 Å². The van der Waals surface area contributed by atoms with E-state index >= 15 is 0 Å². The summed E-state index contributed by atoms with van der Waals surface area (Å²) in [5.74, 6) is 0.814. The molecule has 1 aliphatic carbocycles. The summed E-state index contributed by atoms with van der Waals surface area (Å²) in [6, 6.07) is 10.9. The number of nitrogens with one attached hydrogen (secondary N) is 3. The number of ether oxygens (including phenoxy) is 1. The van der Waals surface area contributed by atoms with Gasteiger partial charge < -0.3 is 15.4 Å². The fourth-order valence-electron chi connectivity index (χ4n) is 2.96. The van der Waals surface area contributed by atoms with Crippen LogP contribution in [0.15, 0.2) is 40.9 Å². The van der Waals surface area contributed by atoms with Crippen molar-refractivity contribution in [2.45, 2.75) is 40.0 Å². The lowest BCUT2D eigenvalue weighted by molar-refractivity contribution is -0.117. The zero-order chi connectivity index (χ0) is 23.3. The van der Waals surface area contributed by atoms with E-state index in [1.165, 1.54) is 0 Å². The number of carbonyl (C=O) groups excluding carboxylic acids is 2. The first kappa shape index (κ1) is 24.2. The van der Waals surface area contributed by atoms with Crippen LogP contribution in [0.4, 0.5) is 11.4 Å². The van der Waals surface area contributed by atoms with Crippen molar-refractivity contribution in [2.24, 2.45) is 11.8 Å². The van der Waals surface area contributed by atoms with Crippen LogP contribution >= 0.6 is 28.1 Å². The maximum absolute atomic E-state index is 12.9. The molecular formula is C24H28BrN3O3S. The summed E-state index contributed by atoms with van der Waals surface area (Å²) >= 11 is 8.75. The van der Waals surface area contributed by atoms with Gasteiger partial charge in [0.25, 0.3) is 5.91 Å². The second-order valence-corrected chi connectivity index (χ2v) is 9.70. The van der Waals surface area contributed by atoms with Crippen molar-refractivity contribution in [3.8, 4) is 5.75 Å². The molecule has 3 N–H and O–H groups in total. The molecule has 1 aliphatic rings. The lowest BCUT2D eigenvalue weighted by atomic mass is 10.1. The molecule has 6 nitrogen and oxygen atoms in total. The van der Waals surface area contributed by atoms with E-state index in [9.17, 15) is 9.59 Å². The lowest BCUT2D eigenvalue weighted by Crippen LogP contribution is -2.34. The Bertz CT molecular complexity index is 1020. The van der Waals surface area contributed by atoms with Crippen molar-refractivity contribution in [2.75, 3.05) is 17.2 Å². The van der Waals surface area contributed by atoms with Crippen LogP contribution in [0.25, 0.3) is 0 Å². The topological polar surface area (TPSA) is 79.5 Å². The molecule has 32 heavy (non-hydrogen) atoms. The number of benzene rings is 2. The number of rotatable bonds is 8. The Morgan fingerprint density at radius 2 is 1.91 bits per heavy atom. The SMILES string of the molecule is Cc1ccc(NC(=S)NC(=O)c2cc(Br)ccc2OCCC(C)C)cc1NC(=O)C1CC1. The van der Waals surface area contributed by atoms with Crippen molar-refractivity contribution in [1.82, 2.24) is 5.32 Å². The predicted octanol–water partition coefficient (Wildman–Crippen LogP) is 5.66. The molecule has 2 amide bonds. The zero-order valence-electron chi connectivity index (χ0n) is 18.5. The van der Waals surface area contributed by atoms with E-state index < -0.39 is 0 Å². The number of hydrogen-bond acceptors (Lipinski definition) is 4. The number of anilines is 2. The van der Waals surface area contributed by atoms with Crippen LogP contribution in [-0.4, -0.2) is 23.5 Å². The molecule has 2 aromatic carbocycles. The summed E-state index contributed by atoms with van der Waals surface area (Å²) in [4.78, 5) is 25.0. The Kier molecular flexibility index (Phi) is 8.26. The van der Waals surface area contributed by atoms with Gasteiger partial charge in [0.15, 0.2) is 5.11 Å². The number of hydrogen-bond donors (Lipinski definition) is 3. The van der Waals surface area contributed by atoms with Gasteiger partial charge in [-0.2, -0.15) is 0 Å². The highest BCUT2D eigenvalue weighted by molar-refractivity contribution is 9.10. The van der Waals surface area contributed by atoms with Crippen LogP contribution in [0.1, 0.15) is 49.0 Å². The molecule has 1 fully saturated rings. The van der Waals surface area contributed by atoms with Crippen molar-refractivity contribution >= 4 is 56.4 Å². The summed E-state index contributed by atoms with van der Waals surface area (Å²) in [5, 5.41) is 8.84. The smallest absolute Gasteiger partial charge is 0.261 e. The van der Waals surface area contributed by atoms with E-state index in [0.717, 1.165) is 35.0 Å². The van der Waals surface area contributed by atoms with Crippen LogP contribution in [0.2, 0.25) is 0 Å². The molecule has 2 aromatic rings. The van der Waals surface area contributed by atoms with E-state index in [-0.39, 0.29) is 22.8 Å². The van der Waals surface area contributed by atoms with Crippen LogP contribution in [0, 0.1) is 18.8 Å². The minimum absolute atomic E-state index is 0.0424. The molecule has 0 aliphatic heterocycles. The molecule has 0 spiro atoms. The molecule has 0 unspecified atom stereocenters. The van der Waals surface area contributed by atoms with Crippen molar-refractivity contribution < 1.29 is 14.3 Å². The molecule has 0 atom stereocenters. The molecule has 0 aromatic heterocycles. The number of carbonyl (C=O) groups is 2. The van der Waals surface area contributed by atoms with Gasteiger partial charge >= 0.3 is 0 Å². The molecule has 0 radical (unpaired) electrons. The fraction of sp³-hybridized carbons (Fsp3) is 0.375. The third-order valence-corrected chi connectivity index (χ3v) is 5.76. The maximum Gasteiger partial charge on any atom is 0.261 e. The Morgan fingerprint density at radius 1 is 1.16 bits per heavy atom. The van der Waals surface area contributed by atoms with Gasteiger partial charge in [-0.15, -0.1) is 0 Å². The molecule has 170 valence electrons. The number of halogens is 1. The zero-order valence-corrected chi connectivity index (χ0v) is 20.9. The summed E-state index contributed by atoms with van der Waals surface area (Å²) in [7, 11) is 0. The standard InChI is InChI=1S/C24H28BrN3O3S/c1-14(2)10-11-31-21-9-7-17(25)12-19(21)23(30)28-24(32)26-18-8-4-15(3)20(13-18)27-22(29)16-5-6-16/h4,7-9,12-14,16H,5-6,10-11H2,1-3H3,(H,27,29)(H2,26,28,30,32). The minimum atomic E-state index is -0.363. The third kappa shape index (κ3) is 7.03. The van der Waals surface area contributed by atoms with Crippen LogP contribution < -0.4 is 20.7 Å². The average molecular weight is 518 g/mol.